The average molecular weight is 265 g/mol. The highest BCUT2D eigenvalue weighted by atomic mass is 16.5. The molecule has 0 amide bonds. The van der Waals surface area contributed by atoms with E-state index in [1.807, 2.05) is 48.5 Å². The first-order valence-electron chi connectivity index (χ1n) is 6.46. The van der Waals surface area contributed by atoms with Crippen LogP contribution in [0.15, 0.2) is 59.5 Å². The summed E-state index contributed by atoms with van der Waals surface area (Å²) in [6, 6.07) is 13.7. The van der Waals surface area contributed by atoms with Crippen LogP contribution in [0.3, 0.4) is 0 Å². The molecule has 3 nitrogen and oxygen atoms in total. The average Bonchev–Trinajstić information content (AvgIpc) is 2.91. The monoisotopic (exact) mass is 265 g/mol. The molecule has 0 saturated carbocycles. The number of fused-ring (bicyclic) bond motifs is 1. The van der Waals surface area contributed by atoms with Gasteiger partial charge in [-0.15, -0.1) is 6.58 Å². The molecular formula is C17H15NO2. The Balaban J connectivity index is 2.17. The standard InChI is InChI=1S/C17H15NO2/c1-3-7-12-8-6-9-13(16(12)19-2)17-18-14-10-4-5-11-15(14)20-17/h3-6,8-11H,1,7H2,2H3. The Morgan fingerprint density at radius 3 is 2.80 bits per heavy atom. The van der Waals surface area contributed by atoms with Gasteiger partial charge in [-0.25, -0.2) is 4.98 Å². The third-order valence-electron chi connectivity index (χ3n) is 3.19. The van der Waals surface area contributed by atoms with E-state index in [9.17, 15) is 0 Å². The number of oxazole rings is 1. The molecule has 3 aromatic rings. The molecule has 0 unspecified atom stereocenters. The van der Waals surface area contributed by atoms with Crippen LogP contribution < -0.4 is 4.74 Å². The molecule has 100 valence electrons. The van der Waals surface area contributed by atoms with Gasteiger partial charge in [0.2, 0.25) is 5.89 Å². The fourth-order valence-electron chi connectivity index (χ4n) is 2.30. The summed E-state index contributed by atoms with van der Waals surface area (Å²) in [4.78, 5) is 4.52. The molecule has 0 aliphatic rings. The fourth-order valence-corrected chi connectivity index (χ4v) is 2.30. The summed E-state index contributed by atoms with van der Waals surface area (Å²) >= 11 is 0. The lowest BCUT2D eigenvalue weighted by atomic mass is 10.1. The van der Waals surface area contributed by atoms with Gasteiger partial charge in [0.1, 0.15) is 11.3 Å². The van der Waals surface area contributed by atoms with Crippen molar-refractivity contribution >= 4 is 11.1 Å². The molecule has 3 heteroatoms. The number of benzene rings is 2. The molecule has 0 radical (unpaired) electrons. The maximum atomic E-state index is 5.81. The molecule has 0 bridgehead atoms. The van der Waals surface area contributed by atoms with Crippen LogP contribution >= 0.6 is 0 Å². The zero-order chi connectivity index (χ0) is 13.9. The Morgan fingerprint density at radius 2 is 2.05 bits per heavy atom. The molecule has 0 atom stereocenters. The first-order valence-corrected chi connectivity index (χ1v) is 6.46. The summed E-state index contributed by atoms with van der Waals surface area (Å²) in [5.41, 5.74) is 3.56. The van der Waals surface area contributed by atoms with Gasteiger partial charge in [0, 0.05) is 0 Å². The number of nitrogens with zero attached hydrogens (tertiary/aromatic N) is 1. The lowest BCUT2D eigenvalue weighted by Crippen LogP contribution is -1.94. The number of hydrogen-bond acceptors (Lipinski definition) is 3. The van der Waals surface area contributed by atoms with Gasteiger partial charge in [-0.3, -0.25) is 0 Å². The largest absolute Gasteiger partial charge is 0.496 e. The van der Waals surface area contributed by atoms with E-state index in [0.29, 0.717) is 5.89 Å². The summed E-state index contributed by atoms with van der Waals surface area (Å²) in [6.07, 6.45) is 2.60. The van der Waals surface area contributed by atoms with E-state index in [0.717, 1.165) is 34.4 Å². The third kappa shape index (κ3) is 2.07. The van der Waals surface area contributed by atoms with Gasteiger partial charge in [-0.1, -0.05) is 30.3 Å². The van der Waals surface area contributed by atoms with Crippen molar-refractivity contribution in [1.29, 1.82) is 0 Å². The van der Waals surface area contributed by atoms with Gasteiger partial charge in [0.15, 0.2) is 5.58 Å². The van der Waals surface area contributed by atoms with Crippen molar-refractivity contribution in [3.05, 3.63) is 60.7 Å². The first kappa shape index (κ1) is 12.5. The van der Waals surface area contributed by atoms with Crippen LogP contribution in [0, 0.1) is 0 Å². The lowest BCUT2D eigenvalue weighted by molar-refractivity contribution is 0.410. The number of ether oxygens (including phenoxy) is 1. The van der Waals surface area contributed by atoms with E-state index in [-0.39, 0.29) is 0 Å². The van der Waals surface area contributed by atoms with Crippen LogP contribution in [0.5, 0.6) is 5.75 Å². The molecule has 3 rings (SSSR count). The Labute approximate surface area is 117 Å². The van der Waals surface area contributed by atoms with Gasteiger partial charge in [-0.05, 0) is 30.2 Å². The normalized spacial score (nSPS) is 10.7. The number of allylic oxidation sites excluding steroid dienone is 1. The lowest BCUT2D eigenvalue weighted by Gasteiger charge is -2.10. The molecule has 0 aliphatic carbocycles. The maximum absolute atomic E-state index is 5.81. The minimum absolute atomic E-state index is 0.578. The van der Waals surface area contributed by atoms with Crippen LogP contribution in [0.2, 0.25) is 0 Å². The van der Waals surface area contributed by atoms with Crippen LogP contribution in [-0.4, -0.2) is 12.1 Å². The van der Waals surface area contributed by atoms with Gasteiger partial charge in [0.05, 0.1) is 12.7 Å². The second-order valence-corrected chi connectivity index (χ2v) is 4.48. The van der Waals surface area contributed by atoms with E-state index in [4.69, 9.17) is 9.15 Å². The Kier molecular flexibility index (Phi) is 3.25. The zero-order valence-electron chi connectivity index (χ0n) is 11.3. The Morgan fingerprint density at radius 1 is 1.20 bits per heavy atom. The van der Waals surface area contributed by atoms with Crippen molar-refractivity contribution in [3.8, 4) is 17.2 Å². The van der Waals surface area contributed by atoms with Crippen molar-refractivity contribution in [2.24, 2.45) is 0 Å². The molecule has 1 heterocycles. The molecule has 20 heavy (non-hydrogen) atoms. The summed E-state index contributed by atoms with van der Waals surface area (Å²) in [5, 5.41) is 0. The van der Waals surface area contributed by atoms with Crippen LogP contribution in [0.4, 0.5) is 0 Å². The highest BCUT2D eigenvalue weighted by molar-refractivity contribution is 5.77. The maximum Gasteiger partial charge on any atom is 0.231 e. The molecule has 2 aromatic carbocycles. The van der Waals surface area contributed by atoms with Crippen molar-refractivity contribution in [2.75, 3.05) is 7.11 Å². The van der Waals surface area contributed by atoms with Crippen molar-refractivity contribution in [3.63, 3.8) is 0 Å². The van der Waals surface area contributed by atoms with Crippen LogP contribution in [0.25, 0.3) is 22.6 Å². The smallest absolute Gasteiger partial charge is 0.231 e. The number of para-hydroxylation sites is 3. The predicted octanol–water partition coefficient (Wildman–Crippen LogP) is 4.23. The zero-order valence-corrected chi connectivity index (χ0v) is 11.3. The first-order chi connectivity index (χ1) is 9.83. The van der Waals surface area contributed by atoms with Crippen molar-refractivity contribution < 1.29 is 9.15 Å². The minimum Gasteiger partial charge on any atom is -0.496 e. The van der Waals surface area contributed by atoms with E-state index >= 15 is 0 Å². The summed E-state index contributed by atoms with van der Waals surface area (Å²) in [7, 11) is 1.66. The number of rotatable bonds is 4. The molecular weight excluding hydrogens is 250 g/mol. The number of hydrogen-bond donors (Lipinski definition) is 0. The molecule has 1 aromatic heterocycles. The topological polar surface area (TPSA) is 35.3 Å². The van der Waals surface area contributed by atoms with Gasteiger partial charge < -0.3 is 9.15 Å². The highest BCUT2D eigenvalue weighted by Gasteiger charge is 2.15. The fraction of sp³-hybridized carbons (Fsp3) is 0.118. The third-order valence-corrected chi connectivity index (χ3v) is 3.19. The molecule has 0 spiro atoms. The minimum atomic E-state index is 0.578. The van der Waals surface area contributed by atoms with E-state index in [1.165, 1.54) is 0 Å². The summed E-state index contributed by atoms with van der Waals surface area (Å²) in [5.74, 6) is 1.37. The molecule has 0 N–H and O–H groups in total. The van der Waals surface area contributed by atoms with Crippen molar-refractivity contribution in [1.82, 2.24) is 4.98 Å². The summed E-state index contributed by atoms with van der Waals surface area (Å²) in [6.45, 7) is 3.77. The number of aromatic nitrogens is 1. The number of methoxy groups -OCH3 is 1. The Hall–Kier alpha value is -2.55. The van der Waals surface area contributed by atoms with E-state index < -0.39 is 0 Å². The predicted molar refractivity (Wildman–Crippen MR) is 79.9 cm³/mol. The second-order valence-electron chi connectivity index (χ2n) is 4.48. The summed E-state index contributed by atoms with van der Waals surface area (Å²) < 4.78 is 11.3. The van der Waals surface area contributed by atoms with Crippen LogP contribution in [0.1, 0.15) is 5.56 Å². The van der Waals surface area contributed by atoms with Gasteiger partial charge >= 0.3 is 0 Å². The SMILES string of the molecule is C=CCc1cccc(-c2nc3ccccc3o2)c1OC. The highest BCUT2D eigenvalue weighted by Crippen LogP contribution is 2.34. The van der Waals surface area contributed by atoms with Gasteiger partial charge in [-0.2, -0.15) is 0 Å². The van der Waals surface area contributed by atoms with E-state index in [1.54, 1.807) is 7.11 Å². The second kappa shape index (κ2) is 5.21. The Bertz CT molecular complexity index is 726. The van der Waals surface area contributed by atoms with Crippen LogP contribution in [-0.2, 0) is 6.42 Å². The van der Waals surface area contributed by atoms with Crippen molar-refractivity contribution in [2.45, 2.75) is 6.42 Å². The van der Waals surface area contributed by atoms with Gasteiger partial charge in [0.25, 0.3) is 0 Å². The van der Waals surface area contributed by atoms with E-state index in [2.05, 4.69) is 11.6 Å². The molecule has 0 aliphatic heterocycles. The molecule has 0 saturated heterocycles. The quantitative estimate of drug-likeness (QED) is 0.662. The molecule has 0 fully saturated rings.